The maximum Gasteiger partial charge on any atom is 0.335 e. The van der Waals surface area contributed by atoms with Crippen LogP contribution in [-0.2, 0) is 16.0 Å². The highest BCUT2D eigenvalue weighted by molar-refractivity contribution is 5.88. The van der Waals surface area contributed by atoms with E-state index in [0.717, 1.165) is 12.1 Å². The second-order valence-electron chi connectivity index (χ2n) is 10.0. The first-order valence-electron chi connectivity index (χ1n) is 11.9. The number of aliphatic carboxylic acids is 1. The molecule has 208 valence electrons. The van der Waals surface area contributed by atoms with Crippen LogP contribution in [-0.4, -0.2) is 84.1 Å². The minimum Gasteiger partial charge on any atom is -0.508 e. The third-order valence-electron chi connectivity index (χ3n) is 6.88. The van der Waals surface area contributed by atoms with Crippen LogP contribution in [0.2, 0.25) is 0 Å². The molecule has 0 saturated carbocycles. The summed E-state index contributed by atoms with van der Waals surface area (Å²) in [6.07, 6.45) is -10.6. The van der Waals surface area contributed by atoms with Gasteiger partial charge in [0, 0.05) is 24.1 Å². The molecule has 39 heavy (non-hydrogen) atoms. The van der Waals surface area contributed by atoms with E-state index in [2.05, 4.69) is 0 Å². The largest absolute Gasteiger partial charge is 0.508 e. The molecule has 0 aliphatic carbocycles. The number of benzene rings is 2. The van der Waals surface area contributed by atoms with Crippen LogP contribution < -0.4 is 14.9 Å². The van der Waals surface area contributed by atoms with Gasteiger partial charge in [-0.05, 0) is 37.6 Å². The number of phenols is 2. The summed E-state index contributed by atoms with van der Waals surface area (Å²) in [6.45, 7) is 3.46. The van der Waals surface area contributed by atoms with Gasteiger partial charge in [0.25, 0.3) is 0 Å². The SMILES string of the molecule is CC1(C)Oc2ccc(-c3oc4cc(O)cc(O)c4c(=O)c3OC3OC(C(=O)O)C(O)C(O)C3O)cc2CC1O. The zero-order valence-electron chi connectivity index (χ0n) is 20.6. The molecule has 0 amide bonds. The van der Waals surface area contributed by atoms with Crippen molar-refractivity contribution in [1.29, 1.82) is 0 Å². The van der Waals surface area contributed by atoms with Gasteiger partial charge in [-0.3, -0.25) is 4.79 Å². The number of carboxylic acid groups (broad SMARTS) is 1. The number of phenolic OH excluding ortho intramolecular Hbond substituents is 2. The van der Waals surface area contributed by atoms with Crippen LogP contribution in [0.4, 0.5) is 0 Å². The summed E-state index contributed by atoms with van der Waals surface area (Å²) in [4.78, 5) is 25.1. The first-order chi connectivity index (χ1) is 18.3. The fourth-order valence-corrected chi connectivity index (χ4v) is 4.62. The normalized spacial score (nSPS) is 27.9. The standard InChI is InChI=1S/C26H26O13/c1-26(2)15(29)6-10-5-9(3-4-13(10)39-26)21-22(17(30)16-12(28)7-11(27)8-14(16)36-21)37-25-20(33)18(31)19(32)23(38-25)24(34)35/h3-5,7-8,15,18-20,23,25,27-29,31-33H,6H2,1-2H3,(H,34,35). The van der Waals surface area contributed by atoms with Crippen molar-refractivity contribution < 1.29 is 59.2 Å². The summed E-state index contributed by atoms with van der Waals surface area (Å²) in [7, 11) is 0. The Morgan fingerprint density at radius 2 is 1.74 bits per heavy atom. The van der Waals surface area contributed by atoms with Gasteiger partial charge in [-0.15, -0.1) is 0 Å². The molecule has 0 bridgehead atoms. The molecule has 2 aliphatic rings. The predicted octanol–water partition coefficient (Wildman–Crippen LogP) is 0.217. The number of carbonyl (C=O) groups is 1. The number of aliphatic hydroxyl groups excluding tert-OH is 4. The molecule has 0 radical (unpaired) electrons. The highest BCUT2D eigenvalue weighted by Gasteiger charge is 2.48. The van der Waals surface area contributed by atoms with Crippen molar-refractivity contribution in [2.24, 2.45) is 0 Å². The molecular weight excluding hydrogens is 520 g/mol. The lowest BCUT2D eigenvalue weighted by molar-refractivity contribution is -0.271. The van der Waals surface area contributed by atoms with Gasteiger partial charge >= 0.3 is 5.97 Å². The monoisotopic (exact) mass is 546 g/mol. The molecule has 6 unspecified atom stereocenters. The number of fused-ring (bicyclic) bond motifs is 2. The van der Waals surface area contributed by atoms with Gasteiger partial charge < -0.3 is 54.4 Å². The number of rotatable bonds is 4. The fraction of sp³-hybridized carbons (Fsp3) is 0.385. The van der Waals surface area contributed by atoms with Crippen LogP contribution in [0.5, 0.6) is 23.0 Å². The molecule has 6 atom stereocenters. The highest BCUT2D eigenvalue weighted by Crippen LogP contribution is 2.40. The lowest BCUT2D eigenvalue weighted by Crippen LogP contribution is -2.61. The highest BCUT2D eigenvalue weighted by atomic mass is 16.7. The Labute approximate surface area is 219 Å². The summed E-state index contributed by atoms with van der Waals surface area (Å²) < 4.78 is 22.5. The van der Waals surface area contributed by atoms with E-state index in [1.807, 2.05) is 0 Å². The number of aromatic hydroxyl groups is 2. The molecule has 3 aromatic rings. The van der Waals surface area contributed by atoms with Gasteiger partial charge in [0.2, 0.25) is 17.5 Å². The van der Waals surface area contributed by atoms with Crippen LogP contribution in [0.1, 0.15) is 19.4 Å². The van der Waals surface area contributed by atoms with Crippen molar-refractivity contribution in [3.8, 4) is 34.3 Å². The molecular formula is C26H26O13. The third kappa shape index (κ3) is 4.53. The van der Waals surface area contributed by atoms with Crippen LogP contribution in [0.15, 0.2) is 39.5 Å². The number of hydrogen-bond acceptors (Lipinski definition) is 12. The molecule has 5 rings (SSSR count). The summed E-state index contributed by atoms with van der Waals surface area (Å²) in [5.41, 5.74) is -1.26. The van der Waals surface area contributed by atoms with Gasteiger partial charge in [0.05, 0.1) is 6.10 Å². The molecule has 13 heteroatoms. The maximum absolute atomic E-state index is 13.6. The van der Waals surface area contributed by atoms with E-state index in [-0.39, 0.29) is 23.3 Å². The van der Waals surface area contributed by atoms with E-state index >= 15 is 0 Å². The smallest absolute Gasteiger partial charge is 0.335 e. The van der Waals surface area contributed by atoms with E-state index in [9.17, 15) is 45.3 Å². The summed E-state index contributed by atoms with van der Waals surface area (Å²) in [5, 5.41) is 70.4. The molecule has 0 spiro atoms. The van der Waals surface area contributed by atoms with Gasteiger partial charge in [-0.2, -0.15) is 0 Å². The Morgan fingerprint density at radius 3 is 2.44 bits per heavy atom. The molecule has 1 saturated heterocycles. The van der Waals surface area contributed by atoms with Crippen molar-refractivity contribution in [2.75, 3.05) is 0 Å². The molecule has 1 aromatic heterocycles. The van der Waals surface area contributed by atoms with Crippen molar-refractivity contribution in [2.45, 2.75) is 62.7 Å². The third-order valence-corrected chi connectivity index (χ3v) is 6.88. The second kappa shape index (κ2) is 9.39. The van der Waals surface area contributed by atoms with E-state index in [4.69, 9.17) is 18.6 Å². The molecule has 13 nitrogen and oxygen atoms in total. The zero-order valence-corrected chi connectivity index (χ0v) is 20.6. The van der Waals surface area contributed by atoms with E-state index < -0.39 is 76.4 Å². The van der Waals surface area contributed by atoms with Crippen LogP contribution in [0.3, 0.4) is 0 Å². The lowest BCUT2D eigenvalue weighted by atomic mass is 9.90. The lowest BCUT2D eigenvalue weighted by Gasteiger charge is -2.38. The van der Waals surface area contributed by atoms with E-state index in [1.54, 1.807) is 26.0 Å². The van der Waals surface area contributed by atoms with Crippen molar-refractivity contribution >= 4 is 16.9 Å². The number of hydrogen-bond donors (Lipinski definition) is 7. The Hall–Kier alpha value is -3.88. The Morgan fingerprint density at radius 1 is 1.03 bits per heavy atom. The minimum atomic E-state index is -2.00. The van der Waals surface area contributed by atoms with Crippen LogP contribution in [0, 0.1) is 0 Å². The first-order valence-corrected chi connectivity index (χ1v) is 11.9. The Bertz CT molecular complexity index is 1510. The maximum atomic E-state index is 13.6. The quantitative estimate of drug-likeness (QED) is 0.233. The van der Waals surface area contributed by atoms with Crippen molar-refractivity contribution in [3.05, 3.63) is 46.1 Å². The van der Waals surface area contributed by atoms with Crippen LogP contribution in [0.25, 0.3) is 22.3 Å². The van der Waals surface area contributed by atoms with Crippen LogP contribution >= 0.6 is 0 Å². The topological polar surface area (TPSA) is 217 Å². The summed E-state index contributed by atoms with van der Waals surface area (Å²) in [5.74, 6) is -3.12. The molecule has 7 N–H and O–H groups in total. The van der Waals surface area contributed by atoms with E-state index in [0.29, 0.717) is 11.3 Å². The average Bonchev–Trinajstić information content (AvgIpc) is 2.85. The minimum absolute atomic E-state index is 0.195. The average molecular weight is 546 g/mol. The van der Waals surface area contributed by atoms with Gasteiger partial charge in [0.1, 0.15) is 52.1 Å². The number of aliphatic hydroxyl groups is 4. The predicted molar refractivity (Wildman–Crippen MR) is 131 cm³/mol. The van der Waals surface area contributed by atoms with Gasteiger partial charge in [-0.1, -0.05) is 0 Å². The summed E-state index contributed by atoms with van der Waals surface area (Å²) >= 11 is 0. The molecule has 1 fully saturated rings. The first kappa shape index (κ1) is 26.7. The second-order valence-corrected chi connectivity index (χ2v) is 10.0. The number of ether oxygens (including phenoxy) is 3. The van der Waals surface area contributed by atoms with Crippen molar-refractivity contribution in [3.63, 3.8) is 0 Å². The Kier molecular flexibility index (Phi) is 6.44. The van der Waals surface area contributed by atoms with Crippen molar-refractivity contribution in [1.82, 2.24) is 0 Å². The zero-order chi connectivity index (χ0) is 28.4. The number of carboxylic acids is 1. The fourth-order valence-electron chi connectivity index (χ4n) is 4.62. The summed E-state index contributed by atoms with van der Waals surface area (Å²) in [6, 6.07) is 6.64. The van der Waals surface area contributed by atoms with Gasteiger partial charge in [-0.25, -0.2) is 4.79 Å². The Balaban J connectivity index is 1.67. The van der Waals surface area contributed by atoms with E-state index in [1.165, 1.54) is 6.07 Å². The molecule has 3 heterocycles. The molecule has 2 aromatic carbocycles. The molecule has 2 aliphatic heterocycles. The van der Waals surface area contributed by atoms with Gasteiger partial charge in [0.15, 0.2) is 11.9 Å².